The summed E-state index contributed by atoms with van der Waals surface area (Å²) in [4.78, 5) is 15.2. The Labute approximate surface area is 132 Å². The summed E-state index contributed by atoms with van der Waals surface area (Å²) in [7, 11) is -1.79. The van der Waals surface area contributed by atoms with E-state index in [4.69, 9.17) is 4.74 Å². The minimum Gasteiger partial charge on any atom is -0.444 e. The van der Waals surface area contributed by atoms with Crippen molar-refractivity contribution in [2.75, 3.05) is 5.88 Å². The van der Waals surface area contributed by atoms with Gasteiger partial charge in [0, 0.05) is 5.46 Å². The topological polar surface area (TPSA) is 91.2 Å². The number of hydrogen-bond donors (Lipinski definition) is 3. The fourth-order valence-corrected chi connectivity index (χ4v) is 2.41. The maximum absolute atomic E-state index is 13.9. The number of benzene rings is 1. The lowest BCUT2D eigenvalue weighted by molar-refractivity contribution is 0.0538. The van der Waals surface area contributed by atoms with Crippen molar-refractivity contribution < 1.29 is 24.0 Å². The van der Waals surface area contributed by atoms with E-state index in [1.54, 1.807) is 20.8 Å². The zero-order valence-electron chi connectivity index (χ0n) is 12.6. The predicted octanol–water partition coefficient (Wildman–Crippen LogP) is 1.41. The lowest BCUT2D eigenvalue weighted by Gasteiger charge is -2.19. The highest BCUT2D eigenvalue weighted by atomic mass is 32.2. The van der Waals surface area contributed by atoms with Gasteiger partial charge in [0.15, 0.2) is 0 Å². The second-order valence-electron chi connectivity index (χ2n) is 5.31. The molecule has 1 aromatic carbocycles. The second kappa shape index (κ2) is 7.62. The molecule has 0 aliphatic rings. The summed E-state index contributed by atoms with van der Waals surface area (Å²) in [5, 5.41) is 20.9. The monoisotopic (exact) mass is 328 g/mol. The van der Waals surface area contributed by atoms with Crippen molar-refractivity contribution in [3.63, 3.8) is 0 Å². The van der Waals surface area contributed by atoms with Crippen molar-refractivity contribution in [2.24, 2.45) is 4.99 Å². The van der Waals surface area contributed by atoms with Crippen LogP contribution in [0.15, 0.2) is 22.0 Å². The highest BCUT2D eigenvalue weighted by Crippen LogP contribution is 2.30. The average molecular weight is 328 g/mol. The first-order valence-electron chi connectivity index (χ1n) is 6.40. The number of nitrogens with one attached hydrogen (secondary N) is 1. The number of carbonyl (C=O) groups excluding carboxylic acids is 1. The maximum Gasteiger partial charge on any atom is 0.490 e. The lowest BCUT2D eigenvalue weighted by Crippen LogP contribution is -2.32. The third kappa shape index (κ3) is 5.32. The average Bonchev–Trinajstić information content (AvgIpc) is 2.37. The van der Waals surface area contributed by atoms with E-state index in [1.165, 1.54) is 6.07 Å². The largest absolute Gasteiger partial charge is 0.490 e. The molecule has 6 nitrogen and oxygen atoms in total. The van der Waals surface area contributed by atoms with E-state index in [-0.39, 0.29) is 21.9 Å². The van der Waals surface area contributed by atoms with Crippen molar-refractivity contribution in [3.05, 3.63) is 17.9 Å². The predicted molar refractivity (Wildman–Crippen MR) is 85.5 cm³/mol. The van der Waals surface area contributed by atoms with Crippen LogP contribution < -0.4 is 10.8 Å². The van der Waals surface area contributed by atoms with Crippen LogP contribution in [0.2, 0.25) is 0 Å². The second-order valence-corrected chi connectivity index (χ2v) is 6.30. The number of ether oxygens (including phenoxy) is 1. The van der Waals surface area contributed by atoms with Crippen LogP contribution in [0.25, 0.3) is 0 Å². The Bertz CT molecular complexity index is 564. The number of halogens is 1. The fourth-order valence-electron chi connectivity index (χ4n) is 1.55. The van der Waals surface area contributed by atoms with Gasteiger partial charge in [0.05, 0.1) is 16.5 Å². The Kier molecular flexibility index (Phi) is 6.40. The Morgan fingerprint density at radius 3 is 2.64 bits per heavy atom. The van der Waals surface area contributed by atoms with Gasteiger partial charge in [-0.25, -0.2) is 9.18 Å². The van der Waals surface area contributed by atoms with E-state index < -0.39 is 24.6 Å². The van der Waals surface area contributed by atoms with E-state index in [1.807, 2.05) is 0 Å². The number of nitrogens with zero attached hydrogens (tertiary/aromatic N) is 1. The summed E-state index contributed by atoms with van der Waals surface area (Å²) in [6.07, 6.45) is -0.633. The summed E-state index contributed by atoms with van der Waals surface area (Å²) >= 11 is 0.941. The normalized spacial score (nSPS) is 11.0. The standard InChI is InChI=1S/C13H18BFN2O4S/c1-13(2,3)21-12(18)17-7-22-11-9(15)6-5-8(14(19)20)10(11)16-4/h5-6,19-20H,4,7H2,1-3H3,(H,17,18). The number of aliphatic imine (C=N–C) groups is 1. The van der Waals surface area contributed by atoms with Crippen LogP contribution in [0.1, 0.15) is 20.8 Å². The first-order chi connectivity index (χ1) is 10.2. The van der Waals surface area contributed by atoms with Crippen LogP contribution in [0, 0.1) is 5.82 Å². The lowest BCUT2D eigenvalue weighted by atomic mass is 9.79. The summed E-state index contributed by atoms with van der Waals surface area (Å²) < 4.78 is 18.9. The molecular weight excluding hydrogens is 310 g/mol. The van der Waals surface area contributed by atoms with Crippen molar-refractivity contribution in [1.82, 2.24) is 5.32 Å². The molecule has 0 bridgehead atoms. The molecule has 0 spiro atoms. The SMILES string of the molecule is C=Nc1c(B(O)O)ccc(F)c1SCNC(=O)OC(C)(C)C. The number of thioether (sulfide) groups is 1. The molecule has 120 valence electrons. The Morgan fingerprint density at radius 2 is 2.14 bits per heavy atom. The smallest absolute Gasteiger partial charge is 0.444 e. The van der Waals surface area contributed by atoms with Crippen LogP contribution in [0.5, 0.6) is 0 Å². The first kappa shape index (κ1) is 18.5. The van der Waals surface area contributed by atoms with Gasteiger partial charge in [-0.15, -0.1) is 0 Å². The minimum atomic E-state index is -1.79. The highest BCUT2D eigenvalue weighted by Gasteiger charge is 2.21. The van der Waals surface area contributed by atoms with E-state index >= 15 is 0 Å². The maximum atomic E-state index is 13.9. The van der Waals surface area contributed by atoms with E-state index in [2.05, 4.69) is 17.0 Å². The van der Waals surface area contributed by atoms with Crippen LogP contribution in [-0.4, -0.2) is 41.5 Å². The molecule has 0 aromatic heterocycles. The third-order valence-electron chi connectivity index (χ3n) is 2.38. The van der Waals surface area contributed by atoms with Crippen molar-refractivity contribution in [1.29, 1.82) is 0 Å². The van der Waals surface area contributed by atoms with Gasteiger partial charge in [-0.1, -0.05) is 17.8 Å². The molecule has 1 aromatic rings. The molecule has 22 heavy (non-hydrogen) atoms. The quantitative estimate of drug-likeness (QED) is 0.329. The van der Waals surface area contributed by atoms with E-state index in [0.717, 1.165) is 17.8 Å². The van der Waals surface area contributed by atoms with Crippen molar-refractivity contribution in [3.8, 4) is 0 Å². The van der Waals surface area contributed by atoms with Gasteiger partial charge in [0.25, 0.3) is 0 Å². The van der Waals surface area contributed by atoms with Gasteiger partial charge < -0.3 is 20.1 Å². The molecule has 0 atom stereocenters. The summed E-state index contributed by atoms with van der Waals surface area (Å²) in [6, 6.07) is 2.31. The number of amides is 1. The number of carbonyl (C=O) groups is 1. The zero-order valence-corrected chi connectivity index (χ0v) is 13.4. The molecular formula is C13H18BFN2O4S. The van der Waals surface area contributed by atoms with Gasteiger partial charge in [0.2, 0.25) is 0 Å². The molecule has 0 heterocycles. The van der Waals surface area contributed by atoms with Gasteiger partial charge in [-0.3, -0.25) is 4.99 Å². The molecule has 0 aliphatic carbocycles. The van der Waals surface area contributed by atoms with Crippen LogP contribution in [-0.2, 0) is 4.74 Å². The number of alkyl carbamates (subject to hydrolysis) is 1. The summed E-state index contributed by atoms with van der Waals surface area (Å²) in [5.74, 6) is -0.568. The van der Waals surface area contributed by atoms with Crippen LogP contribution in [0.3, 0.4) is 0 Å². The molecule has 0 fully saturated rings. The van der Waals surface area contributed by atoms with Gasteiger partial charge >= 0.3 is 13.2 Å². The molecule has 0 saturated carbocycles. The Balaban J connectivity index is 2.79. The van der Waals surface area contributed by atoms with Gasteiger partial charge in [-0.2, -0.15) is 0 Å². The molecule has 0 unspecified atom stereocenters. The van der Waals surface area contributed by atoms with Crippen LogP contribution >= 0.6 is 11.8 Å². The molecule has 0 radical (unpaired) electrons. The Morgan fingerprint density at radius 1 is 1.50 bits per heavy atom. The molecule has 9 heteroatoms. The molecule has 0 aliphatic heterocycles. The minimum absolute atomic E-state index is 0.0271. The molecule has 1 amide bonds. The van der Waals surface area contributed by atoms with Gasteiger partial charge in [0.1, 0.15) is 11.4 Å². The van der Waals surface area contributed by atoms with Crippen molar-refractivity contribution in [2.45, 2.75) is 31.3 Å². The van der Waals surface area contributed by atoms with E-state index in [9.17, 15) is 19.2 Å². The van der Waals surface area contributed by atoms with Crippen LogP contribution in [0.4, 0.5) is 14.9 Å². The number of hydrogen-bond acceptors (Lipinski definition) is 6. The first-order valence-corrected chi connectivity index (χ1v) is 7.39. The highest BCUT2D eigenvalue weighted by molar-refractivity contribution is 7.99. The summed E-state index contributed by atoms with van der Waals surface area (Å²) in [6.45, 7) is 8.49. The number of rotatable bonds is 5. The zero-order chi connectivity index (χ0) is 16.9. The Hall–Kier alpha value is -1.58. The fraction of sp³-hybridized carbons (Fsp3) is 0.385. The summed E-state index contributed by atoms with van der Waals surface area (Å²) in [5.41, 5.74) is -0.559. The molecule has 0 saturated heterocycles. The third-order valence-corrected chi connectivity index (χ3v) is 3.35. The molecule has 1 rings (SSSR count). The van der Waals surface area contributed by atoms with Gasteiger partial charge in [-0.05, 0) is 33.6 Å². The molecule has 3 N–H and O–H groups in total. The van der Waals surface area contributed by atoms with Crippen molar-refractivity contribution >= 4 is 42.8 Å². The van der Waals surface area contributed by atoms with E-state index in [0.29, 0.717) is 0 Å².